The smallest absolute Gasteiger partial charge is 0.293 e. The zero-order valence-electron chi connectivity index (χ0n) is 15.5. The van der Waals surface area contributed by atoms with Crippen LogP contribution >= 0.6 is 23.4 Å². The summed E-state index contributed by atoms with van der Waals surface area (Å²) in [5.41, 5.74) is 2.02. The first-order chi connectivity index (χ1) is 13.4. The third-order valence-electron chi connectivity index (χ3n) is 4.36. The van der Waals surface area contributed by atoms with Crippen molar-refractivity contribution in [2.45, 2.75) is 13.5 Å². The lowest BCUT2D eigenvalue weighted by Gasteiger charge is -2.14. The maximum Gasteiger partial charge on any atom is 0.293 e. The van der Waals surface area contributed by atoms with Crippen LogP contribution in [0.1, 0.15) is 28.4 Å². The van der Waals surface area contributed by atoms with Gasteiger partial charge in [0.15, 0.2) is 0 Å². The Balaban J connectivity index is 1.81. The van der Waals surface area contributed by atoms with Gasteiger partial charge in [-0.3, -0.25) is 19.3 Å². The second kappa shape index (κ2) is 8.63. The van der Waals surface area contributed by atoms with Gasteiger partial charge in [-0.15, -0.1) is 0 Å². The molecule has 0 atom stereocenters. The van der Waals surface area contributed by atoms with Crippen LogP contribution in [0.2, 0.25) is 5.02 Å². The van der Waals surface area contributed by atoms with Crippen LogP contribution in [-0.4, -0.2) is 40.4 Å². The van der Waals surface area contributed by atoms with E-state index in [0.29, 0.717) is 27.6 Å². The first kappa shape index (κ1) is 20.2. The molecule has 1 fully saturated rings. The lowest BCUT2D eigenvalue weighted by Crippen LogP contribution is -2.27. The van der Waals surface area contributed by atoms with E-state index >= 15 is 0 Å². The van der Waals surface area contributed by atoms with Crippen molar-refractivity contribution in [2.75, 3.05) is 13.6 Å². The van der Waals surface area contributed by atoms with Crippen molar-refractivity contribution in [1.29, 1.82) is 0 Å². The number of hydrogen-bond donors (Lipinski definition) is 0. The van der Waals surface area contributed by atoms with E-state index in [0.717, 1.165) is 17.3 Å². The Morgan fingerprint density at radius 2 is 1.93 bits per heavy atom. The standard InChI is InChI=1S/C21H19ClN2O3S/c1-3-23(2)19(25)16-8-4-6-14(10-16)12-18-20(26)24(21(27)28-18)13-15-7-5-9-17(22)11-15/h4-12H,3,13H2,1-2H3. The van der Waals surface area contributed by atoms with E-state index in [1.54, 1.807) is 60.5 Å². The van der Waals surface area contributed by atoms with Gasteiger partial charge in [0, 0.05) is 24.2 Å². The minimum Gasteiger partial charge on any atom is -0.342 e. The van der Waals surface area contributed by atoms with Gasteiger partial charge >= 0.3 is 0 Å². The normalized spacial score (nSPS) is 15.4. The number of benzene rings is 2. The summed E-state index contributed by atoms with van der Waals surface area (Å²) in [4.78, 5) is 40.5. The summed E-state index contributed by atoms with van der Waals surface area (Å²) in [6.45, 7) is 2.67. The van der Waals surface area contributed by atoms with Crippen LogP contribution < -0.4 is 0 Å². The summed E-state index contributed by atoms with van der Waals surface area (Å²) in [6.07, 6.45) is 1.64. The number of nitrogens with zero attached hydrogens (tertiary/aromatic N) is 2. The Bertz CT molecular complexity index is 974. The number of amides is 3. The molecular formula is C21H19ClN2O3S. The largest absolute Gasteiger partial charge is 0.342 e. The average Bonchev–Trinajstić information content (AvgIpc) is 2.94. The molecule has 28 heavy (non-hydrogen) atoms. The Morgan fingerprint density at radius 3 is 2.64 bits per heavy atom. The van der Waals surface area contributed by atoms with Crippen LogP contribution in [0, 0.1) is 0 Å². The Kier molecular flexibility index (Phi) is 6.21. The van der Waals surface area contributed by atoms with E-state index < -0.39 is 0 Å². The fourth-order valence-corrected chi connectivity index (χ4v) is 3.78. The zero-order chi connectivity index (χ0) is 20.3. The van der Waals surface area contributed by atoms with E-state index in [1.807, 2.05) is 13.0 Å². The topological polar surface area (TPSA) is 57.7 Å². The maximum absolute atomic E-state index is 12.7. The third kappa shape index (κ3) is 4.46. The van der Waals surface area contributed by atoms with E-state index in [4.69, 9.17) is 11.6 Å². The molecule has 0 aromatic heterocycles. The van der Waals surface area contributed by atoms with E-state index in [-0.39, 0.29) is 23.6 Å². The van der Waals surface area contributed by atoms with Gasteiger partial charge in [0.1, 0.15) is 0 Å². The van der Waals surface area contributed by atoms with Gasteiger partial charge in [-0.1, -0.05) is 35.9 Å². The summed E-state index contributed by atoms with van der Waals surface area (Å²) in [5, 5.41) is 0.229. The van der Waals surface area contributed by atoms with Gasteiger partial charge < -0.3 is 4.90 Å². The molecule has 3 amide bonds. The van der Waals surface area contributed by atoms with Gasteiger partial charge in [-0.05, 0) is 60.2 Å². The molecule has 144 valence electrons. The molecular weight excluding hydrogens is 396 g/mol. The fourth-order valence-electron chi connectivity index (χ4n) is 2.73. The number of rotatable bonds is 5. The molecule has 2 aromatic rings. The van der Waals surface area contributed by atoms with Crippen molar-refractivity contribution in [3.8, 4) is 0 Å². The highest BCUT2D eigenvalue weighted by molar-refractivity contribution is 8.18. The molecule has 7 heteroatoms. The predicted molar refractivity (Wildman–Crippen MR) is 112 cm³/mol. The maximum atomic E-state index is 12.7. The minimum absolute atomic E-state index is 0.0909. The molecule has 1 saturated heterocycles. The van der Waals surface area contributed by atoms with Crippen LogP contribution in [0.15, 0.2) is 53.4 Å². The molecule has 0 N–H and O–H groups in total. The van der Waals surface area contributed by atoms with Crippen molar-refractivity contribution >= 4 is 46.5 Å². The van der Waals surface area contributed by atoms with E-state index in [1.165, 1.54) is 4.90 Å². The molecule has 0 saturated carbocycles. The van der Waals surface area contributed by atoms with Crippen molar-refractivity contribution < 1.29 is 14.4 Å². The van der Waals surface area contributed by atoms with Crippen LogP contribution in [0.3, 0.4) is 0 Å². The molecule has 5 nitrogen and oxygen atoms in total. The Hall–Kier alpha value is -2.57. The molecule has 0 unspecified atom stereocenters. The molecule has 0 aliphatic carbocycles. The van der Waals surface area contributed by atoms with Gasteiger partial charge in [0.2, 0.25) is 0 Å². The summed E-state index contributed by atoms with van der Waals surface area (Å²) in [7, 11) is 1.73. The van der Waals surface area contributed by atoms with Crippen LogP contribution in [0.25, 0.3) is 6.08 Å². The molecule has 1 heterocycles. The van der Waals surface area contributed by atoms with Crippen molar-refractivity contribution in [1.82, 2.24) is 9.80 Å². The Labute approximate surface area is 173 Å². The summed E-state index contributed by atoms with van der Waals surface area (Å²) < 4.78 is 0. The van der Waals surface area contributed by atoms with Gasteiger partial charge in [0.05, 0.1) is 11.4 Å². The number of hydrogen-bond acceptors (Lipinski definition) is 4. The van der Waals surface area contributed by atoms with Crippen molar-refractivity contribution in [3.63, 3.8) is 0 Å². The second-order valence-corrected chi connectivity index (χ2v) is 7.77. The molecule has 1 aliphatic rings. The zero-order valence-corrected chi connectivity index (χ0v) is 17.1. The van der Waals surface area contributed by atoms with E-state index in [9.17, 15) is 14.4 Å². The van der Waals surface area contributed by atoms with Crippen molar-refractivity contribution in [3.05, 3.63) is 75.1 Å². The molecule has 0 spiro atoms. The number of carbonyl (C=O) groups excluding carboxylic acids is 3. The molecule has 1 aliphatic heterocycles. The highest BCUT2D eigenvalue weighted by Crippen LogP contribution is 2.33. The molecule has 2 aromatic carbocycles. The van der Waals surface area contributed by atoms with Crippen molar-refractivity contribution in [2.24, 2.45) is 0 Å². The molecule has 3 rings (SSSR count). The lowest BCUT2D eigenvalue weighted by molar-refractivity contribution is -0.123. The monoisotopic (exact) mass is 414 g/mol. The van der Waals surface area contributed by atoms with E-state index in [2.05, 4.69) is 0 Å². The summed E-state index contributed by atoms with van der Waals surface area (Å²) >= 11 is 6.87. The first-order valence-corrected chi connectivity index (χ1v) is 9.94. The van der Waals surface area contributed by atoms with Gasteiger partial charge in [-0.25, -0.2) is 0 Å². The second-order valence-electron chi connectivity index (χ2n) is 6.34. The van der Waals surface area contributed by atoms with Gasteiger partial charge in [0.25, 0.3) is 17.1 Å². The Morgan fingerprint density at radius 1 is 1.18 bits per heavy atom. The fraction of sp³-hybridized carbons (Fsp3) is 0.190. The minimum atomic E-state index is -0.350. The third-order valence-corrected chi connectivity index (χ3v) is 5.50. The number of imide groups is 1. The van der Waals surface area contributed by atoms with Crippen LogP contribution in [0.5, 0.6) is 0 Å². The quantitative estimate of drug-likeness (QED) is 0.667. The summed E-state index contributed by atoms with van der Waals surface area (Å²) in [5.74, 6) is -0.441. The van der Waals surface area contributed by atoms with Gasteiger partial charge in [-0.2, -0.15) is 0 Å². The molecule has 0 bridgehead atoms. The lowest BCUT2D eigenvalue weighted by atomic mass is 10.1. The average molecular weight is 415 g/mol. The highest BCUT2D eigenvalue weighted by atomic mass is 35.5. The number of carbonyl (C=O) groups is 3. The van der Waals surface area contributed by atoms with Crippen LogP contribution in [0.4, 0.5) is 4.79 Å². The molecule has 0 radical (unpaired) electrons. The first-order valence-electron chi connectivity index (χ1n) is 8.74. The number of halogens is 1. The number of thioether (sulfide) groups is 1. The van der Waals surface area contributed by atoms with Crippen LogP contribution in [-0.2, 0) is 11.3 Å². The predicted octanol–water partition coefficient (Wildman–Crippen LogP) is 4.67. The SMILES string of the molecule is CCN(C)C(=O)c1cccc(C=C2SC(=O)N(Cc3cccc(Cl)c3)C2=O)c1. The highest BCUT2D eigenvalue weighted by Gasteiger charge is 2.35. The summed E-state index contributed by atoms with van der Waals surface area (Å²) in [6, 6.07) is 14.1.